The third-order valence-corrected chi connectivity index (χ3v) is 8.60. The van der Waals surface area contributed by atoms with Gasteiger partial charge in [0, 0.05) is 36.3 Å². The fourth-order valence-electron chi connectivity index (χ4n) is 4.92. The van der Waals surface area contributed by atoms with Crippen LogP contribution in [0.1, 0.15) is 23.6 Å². The van der Waals surface area contributed by atoms with E-state index >= 15 is 0 Å². The van der Waals surface area contributed by atoms with E-state index in [-0.39, 0.29) is 40.3 Å². The standard InChI is InChI=1S/C25H24ClN3O4S/c26-20-6-8-21(9-7-20)34(32,33)28-14-18-12-19(16-28)23-11-10-22(25(31)29(23)15-18)27-24(30)13-17-4-2-1-3-5-17/h1-11,18-19H,12-16H2,(H,27,30). The number of anilines is 1. The van der Waals surface area contributed by atoms with Gasteiger partial charge in [-0.05, 0) is 54.3 Å². The average molecular weight is 498 g/mol. The highest BCUT2D eigenvalue weighted by atomic mass is 35.5. The molecule has 3 heterocycles. The van der Waals surface area contributed by atoms with Crippen molar-refractivity contribution < 1.29 is 13.2 Å². The Hall–Kier alpha value is -2.94. The molecular formula is C25H24ClN3O4S. The number of amides is 1. The number of piperidine rings is 1. The lowest BCUT2D eigenvalue weighted by Crippen LogP contribution is -2.49. The van der Waals surface area contributed by atoms with Crippen molar-refractivity contribution in [1.29, 1.82) is 0 Å². The summed E-state index contributed by atoms with van der Waals surface area (Å²) in [7, 11) is -3.66. The van der Waals surface area contributed by atoms with E-state index in [2.05, 4.69) is 5.32 Å². The lowest BCUT2D eigenvalue weighted by Gasteiger charge is -2.42. The van der Waals surface area contributed by atoms with E-state index < -0.39 is 10.0 Å². The Morgan fingerprint density at radius 1 is 0.971 bits per heavy atom. The number of benzene rings is 2. The molecule has 2 aliphatic heterocycles. The third-order valence-electron chi connectivity index (χ3n) is 6.50. The molecule has 1 aromatic heterocycles. The van der Waals surface area contributed by atoms with Crippen LogP contribution in [0.5, 0.6) is 0 Å². The highest BCUT2D eigenvalue weighted by Gasteiger charge is 2.39. The number of fused-ring (bicyclic) bond motifs is 4. The molecule has 0 radical (unpaired) electrons. The molecule has 9 heteroatoms. The summed E-state index contributed by atoms with van der Waals surface area (Å²) >= 11 is 5.91. The number of rotatable bonds is 5. The van der Waals surface area contributed by atoms with Crippen LogP contribution in [0.25, 0.3) is 0 Å². The van der Waals surface area contributed by atoms with Crippen molar-refractivity contribution in [2.75, 3.05) is 18.4 Å². The Bertz CT molecular complexity index is 1390. The van der Waals surface area contributed by atoms with Gasteiger partial charge in [0.2, 0.25) is 15.9 Å². The van der Waals surface area contributed by atoms with E-state index in [1.54, 1.807) is 22.8 Å². The van der Waals surface area contributed by atoms with Crippen molar-refractivity contribution in [3.63, 3.8) is 0 Å². The molecule has 5 rings (SSSR count). The maximum absolute atomic E-state index is 13.2. The Kier molecular flexibility index (Phi) is 6.06. The Balaban J connectivity index is 1.36. The van der Waals surface area contributed by atoms with Gasteiger partial charge < -0.3 is 9.88 Å². The predicted octanol–water partition coefficient (Wildman–Crippen LogP) is 3.49. The van der Waals surface area contributed by atoms with Crippen LogP contribution in [-0.2, 0) is 27.8 Å². The molecule has 2 unspecified atom stereocenters. The van der Waals surface area contributed by atoms with E-state index in [1.807, 2.05) is 36.4 Å². The number of hydrogen-bond donors (Lipinski definition) is 1. The van der Waals surface area contributed by atoms with E-state index in [0.29, 0.717) is 24.7 Å². The second-order valence-electron chi connectivity index (χ2n) is 8.87. The summed E-state index contributed by atoms with van der Waals surface area (Å²) in [5, 5.41) is 3.23. The van der Waals surface area contributed by atoms with E-state index in [9.17, 15) is 18.0 Å². The van der Waals surface area contributed by atoms with Gasteiger partial charge in [0.05, 0.1) is 11.3 Å². The Morgan fingerprint density at radius 2 is 1.71 bits per heavy atom. The molecule has 1 N–H and O–H groups in total. The molecule has 1 fully saturated rings. The summed E-state index contributed by atoms with van der Waals surface area (Å²) in [4.78, 5) is 25.8. The first-order chi connectivity index (χ1) is 16.3. The molecule has 2 bridgehead atoms. The number of carbonyl (C=O) groups is 1. The smallest absolute Gasteiger partial charge is 0.274 e. The normalized spacial score (nSPS) is 19.9. The van der Waals surface area contributed by atoms with Gasteiger partial charge >= 0.3 is 0 Å². The molecule has 3 aromatic rings. The van der Waals surface area contributed by atoms with Crippen molar-refractivity contribution in [2.45, 2.75) is 30.2 Å². The highest BCUT2D eigenvalue weighted by Crippen LogP contribution is 2.37. The number of sulfonamides is 1. The maximum atomic E-state index is 13.2. The van der Waals surface area contributed by atoms with Gasteiger partial charge in [-0.15, -0.1) is 0 Å². The first kappa shape index (κ1) is 22.8. The summed E-state index contributed by atoms with van der Waals surface area (Å²) in [5.41, 5.74) is 1.67. The average Bonchev–Trinajstić information content (AvgIpc) is 2.82. The van der Waals surface area contributed by atoms with Crippen LogP contribution >= 0.6 is 11.6 Å². The second-order valence-corrected chi connectivity index (χ2v) is 11.2. The molecule has 2 aliphatic rings. The first-order valence-electron chi connectivity index (χ1n) is 11.1. The minimum atomic E-state index is -3.66. The van der Waals surface area contributed by atoms with E-state index in [0.717, 1.165) is 17.7 Å². The second kappa shape index (κ2) is 9.02. The number of nitrogens with zero attached hydrogens (tertiary/aromatic N) is 2. The van der Waals surface area contributed by atoms with Crippen molar-refractivity contribution in [1.82, 2.24) is 8.87 Å². The first-order valence-corrected chi connectivity index (χ1v) is 13.0. The number of pyridine rings is 1. The van der Waals surface area contributed by atoms with Gasteiger partial charge in [0.1, 0.15) is 5.69 Å². The monoisotopic (exact) mass is 497 g/mol. The molecule has 1 amide bonds. The van der Waals surface area contributed by atoms with Crippen LogP contribution in [0.15, 0.2) is 76.4 Å². The lowest BCUT2D eigenvalue weighted by atomic mass is 9.84. The number of carbonyl (C=O) groups excluding carboxylic acids is 1. The summed E-state index contributed by atoms with van der Waals surface area (Å²) < 4.78 is 29.6. The summed E-state index contributed by atoms with van der Waals surface area (Å²) in [5.74, 6) is -0.322. The van der Waals surface area contributed by atoms with Gasteiger partial charge in [-0.25, -0.2) is 8.42 Å². The molecule has 7 nitrogen and oxygen atoms in total. The number of aromatic nitrogens is 1. The largest absolute Gasteiger partial charge is 0.321 e. The topological polar surface area (TPSA) is 88.5 Å². The molecule has 0 spiro atoms. The van der Waals surface area contributed by atoms with Crippen LogP contribution in [0.3, 0.4) is 0 Å². The molecule has 34 heavy (non-hydrogen) atoms. The third kappa shape index (κ3) is 4.41. The predicted molar refractivity (Wildman–Crippen MR) is 131 cm³/mol. The molecule has 0 aliphatic carbocycles. The van der Waals surface area contributed by atoms with Crippen LogP contribution in [0.2, 0.25) is 5.02 Å². The summed E-state index contributed by atoms with van der Waals surface area (Å²) in [6, 6.07) is 19.0. The number of nitrogens with one attached hydrogen (secondary N) is 1. The zero-order valence-corrected chi connectivity index (χ0v) is 19.9. The van der Waals surface area contributed by atoms with Crippen LogP contribution in [-0.4, -0.2) is 36.3 Å². The number of halogens is 1. The number of hydrogen-bond acceptors (Lipinski definition) is 4. The SMILES string of the molecule is O=C(Cc1ccccc1)Nc1ccc2n(c1=O)CC1CC2CN(S(=O)(=O)c2ccc(Cl)cc2)C1. The molecule has 2 aromatic carbocycles. The molecule has 2 atom stereocenters. The minimum absolute atomic E-state index is 0.0151. The maximum Gasteiger partial charge on any atom is 0.274 e. The van der Waals surface area contributed by atoms with Crippen LogP contribution in [0, 0.1) is 5.92 Å². The van der Waals surface area contributed by atoms with E-state index in [4.69, 9.17) is 11.6 Å². The summed E-state index contributed by atoms with van der Waals surface area (Å²) in [6.45, 7) is 1.07. The Labute approximate surface area is 203 Å². The van der Waals surface area contributed by atoms with Gasteiger partial charge in [-0.1, -0.05) is 41.9 Å². The van der Waals surface area contributed by atoms with E-state index in [1.165, 1.54) is 16.4 Å². The fraction of sp³-hybridized carbons (Fsp3) is 0.280. The zero-order chi connectivity index (χ0) is 23.9. The summed E-state index contributed by atoms with van der Waals surface area (Å²) in [6.07, 6.45) is 1.01. The molecule has 1 saturated heterocycles. The van der Waals surface area contributed by atoms with Gasteiger partial charge in [-0.3, -0.25) is 9.59 Å². The highest BCUT2D eigenvalue weighted by molar-refractivity contribution is 7.89. The van der Waals surface area contributed by atoms with Crippen molar-refractivity contribution in [2.24, 2.45) is 5.92 Å². The van der Waals surface area contributed by atoms with Crippen LogP contribution in [0.4, 0.5) is 5.69 Å². The molecule has 0 saturated carbocycles. The quantitative estimate of drug-likeness (QED) is 0.584. The van der Waals surface area contributed by atoms with Crippen molar-refractivity contribution in [3.8, 4) is 0 Å². The van der Waals surface area contributed by atoms with Crippen LogP contribution < -0.4 is 10.9 Å². The Morgan fingerprint density at radius 3 is 2.44 bits per heavy atom. The molecule has 176 valence electrons. The van der Waals surface area contributed by atoms with Crippen molar-refractivity contribution >= 4 is 33.2 Å². The van der Waals surface area contributed by atoms with Crippen molar-refractivity contribution in [3.05, 3.63) is 93.4 Å². The lowest BCUT2D eigenvalue weighted by molar-refractivity contribution is -0.115. The van der Waals surface area contributed by atoms with Gasteiger partial charge in [0.25, 0.3) is 5.56 Å². The zero-order valence-electron chi connectivity index (χ0n) is 18.4. The molecular weight excluding hydrogens is 474 g/mol. The fourth-order valence-corrected chi connectivity index (χ4v) is 6.61. The van der Waals surface area contributed by atoms with Gasteiger partial charge in [-0.2, -0.15) is 4.31 Å². The minimum Gasteiger partial charge on any atom is -0.321 e. The van der Waals surface area contributed by atoms with Gasteiger partial charge in [0.15, 0.2) is 0 Å².